The Labute approximate surface area is 135 Å². The van der Waals surface area contributed by atoms with Crippen LogP contribution in [0.25, 0.3) is 11.2 Å². The first-order valence-electron chi connectivity index (χ1n) is 8.43. The van der Waals surface area contributed by atoms with Crippen LogP contribution in [0, 0.1) is 0 Å². The van der Waals surface area contributed by atoms with Gasteiger partial charge in [0.15, 0.2) is 5.65 Å². The Hall–Kier alpha value is -1.07. The van der Waals surface area contributed by atoms with Gasteiger partial charge in [0.1, 0.15) is 11.3 Å². The van der Waals surface area contributed by atoms with Gasteiger partial charge in [0.2, 0.25) is 0 Å². The Morgan fingerprint density at radius 3 is 2.95 bits per heavy atom. The molecule has 0 spiro atoms. The van der Waals surface area contributed by atoms with Crippen LogP contribution in [0.15, 0.2) is 18.3 Å². The van der Waals surface area contributed by atoms with Gasteiger partial charge in [0.05, 0.1) is 6.10 Å². The van der Waals surface area contributed by atoms with E-state index in [0.29, 0.717) is 12.1 Å². The summed E-state index contributed by atoms with van der Waals surface area (Å²) in [4.78, 5) is 9.52. The monoisotopic (exact) mass is 317 g/mol. The van der Waals surface area contributed by atoms with Crippen molar-refractivity contribution in [3.8, 4) is 0 Å². The Morgan fingerprint density at radius 2 is 2.14 bits per heavy atom. The smallest absolute Gasteiger partial charge is 0.160 e. The number of pyridine rings is 1. The maximum atomic E-state index is 5.94. The molecule has 0 amide bonds. The summed E-state index contributed by atoms with van der Waals surface area (Å²) < 4.78 is 8.37. The Balaban J connectivity index is 1.68. The van der Waals surface area contributed by atoms with Crippen molar-refractivity contribution >= 4 is 22.9 Å². The van der Waals surface area contributed by atoms with E-state index in [9.17, 15) is 0 Å². The highest BCUT2D eigenvalue weighted by Gasteiger charge is 2.24. The number of nitrogens with zero attached hydrogens (tertiary/aromatic N) is 3. The molecule has 0 radical (unpaired) electrons. The van der Waals surface area contributed by atoms with Crippen LogP contribution in [0.5, 0.6) is 0 Å². The van der Waals surface area contributed by atoms with Gasteiger partial charge < -0.3 is 9.30 Å². The Morgan fingerprint density at radius 1 is 1.23 bits per heavy atom. The number of fused-ring (bicyclic) bond motifs is 1. The van der Waals surface area contributed by atoms with Crippen LogP contribution in [0.1, 0.15) is 44.0 Å². The van der Waals surface area contributed by atoms with Gasteiger partial charge in [-0.05, 0) is 55.7 Å². The third-order valence-electron chi connectivity index (χ3n) is 4.76. The fourth-order valence-corrected chi connectivity index (χ4v) is 4.70. The molecule has 1 unspecified atom stereocenters. The van der Waals surface area contributed by atoms with Gasteiger partial charge in [-0.15, -0.1) is 0 Å². The lowest BCUT2D eigenvalue weighted by atomic mass is 10.1. The SMILES string of the molecule is c1cnc2c(c1)nc(CC1CCCCO1)n2C1CCSCC1. The van der Waals surface area contributed by atoms with Crippen LogP contribution in [-0.2, 0) is 11.2 Å². The fourth-order valence-electron chi connectivity index (χ4n) is 3.62. The maximum Gasteiger partial charge on any atom is 0.160 e. The number of imidazole rings is 1. The van der Waals surface area contributed by atoms with Crippen molar-refractivity contribution in [1.29, 1.82) is 0 Å². The standard InChI is InChI=1S/C17H23N3OS/c1-2-9-21-14(4-1)12-16-19-15-5-3-8-18-17(15)20(16)13-6-10-22-11-7-13/h3,5,8,13-14H,1-2,4,6-7,9-12H2. The zero-order valence-corrected chi connectivity index (χ0v) is 13.7. The second-order valence-corrected chi connectivity index (χ2v) is 7.51. The largest absolute Gasteiger partial charge is 0.378 e. The van der Waals surface area contributed by atoms with Crippen LogP contribution in [0.4, 0.5) is 0 Å². The summed E-state index contributed by atoms with van der Waals surface area (Å²) in [6, 6.07) is 4.62. The minimum absolute atomic E-state index is 0.335. The van der Waals surface area contributed by atoms with Crippen LogP contribution in [0.2, 0.25) is 0 Å². The van der Waals surface area contributed by atoms with E-state index in [4.69, 9.17) is 9.72 Å². The minimum atomic E-state index is 0.335. The average molecular weight is 317 g/mol. The fraction of sp³-hybridized carbons (Fsp3) is 0.647. The van der Waals surface area contributed by atoms with E-state index in [1.54, 1.807) is 0 Å². The normalized spacial score (nSPS) is 23.9. The van der Waals surface area contributed by atoms with Gasteiger partial charge in [-0.3, -0.25) is 0 Å². The number of thioether (sulfide) groups is 1. The molecule has 4 heterocycles. The van der Waals surface area contributed by atoms with E-state index in [1.807, 2.05) is 12.3 Å². The zero-order valence-electron chi connectivity index (χ0n) is 12.9. The quantitative estimate of drug-likeness (QED) is 0.867. The molecule has 5 heteroatoms. The number of hydrogen-bond donors (Lipinski definition) is 0. The summed E-state index contributed by atoms with van der Waals surface area (Å²) >= 11 is 2.06. The average Bonchev–Trinajstić information content (AvgIpc) is 2.94. The van der Waals surface area contributed by atoms with Gasteiger partial charge in [-0.2, -0.15) is 11.8 Å². The second kappa shape index (κ2) is 6.59. The predicted octanol–water partition coefficient (Wildman–Crippen LogP) is 3.61. The van der Waals surface area contributed by atoms with E-state index in [1.165, 1.54) is 43.0 Å². The van der Waals surface area contributed by atoms with Gasteiger partial charge in [0.25, 0.3) is 0 Å². The Bertz CT molecular complexity index is 630. The third kappa shape index (κ3) is 2.88. The molecule has 4 rings (SSSR count). The lowest BCUT2D eigenvalue weighted by Gasteiger charge is -2.27. The van der Waals surface area contributed by atoms with Crippen LogP contribution >= 0.6 is 11.8 Å². The first-order chi connectivity index (χ1) is 10.9. The summed E-state index contributed by atoms with van der Waals surface area (Å²) in [5.74, 6) is 3.67. The molecule has 22 heavy (non-hydrogen) atoms. The Kier molecular flexibility index (Phi) is 4.35. The van der Waals surface area contributed by atoms with Crippen LogP contribution in [0.3, 0.4) is 0 Å². The lowest BCUT2D eigenvalue weighted by Crippen LogP contribution is -2.25. The van der Waals surface area contributed by atoms with Crippen molar-refractivity contribution in [1.82, 2.24) is 14.5 Å². The second-order valence-electron chi connectivity index (χ2n) is 6.28. The molecule has 0 saturated carbocycles. The van der Waals surface area contributed by atoms with Gasteiger partial charge in [0, 0.05) is 25.3 Å². The molecule has 0 aromatic carbocycles. The van der Waals surface area contributed by atoms with Gasteiger partial charge in [-0.1, -0.05) is 0 Å². The molecule has 2 aliphatic rings. The lowest BCUT2D eigenvalue weighted by molar-refractivity contribution is 0.0150. The van der Waals surface area contributed by atoms with E-state index in [0.717, 1.165) is 30.6 Å². The highest BCUT2D eigenvalue weighted by molar-refractivity contribution is 7.99. The first-order valence-corrected chi connectivity index (χ1v) is 9.58. The molecule has 0 N–H and O–H groups in total. The summed E-state index contributed by atoms with van der Waals surface area (Å²) in [6.45, 7) is 0.906. The van der Waals surface area contributed by atoms with E-state index >= 15 is 0 Å². The van der Waals surface area contributed by atoms with Crippen molar-refractivity contribution in [2.45, 2.75) is 50.7 Å². The molecule has 2 fully saturated rings. The molecular weight excluding hydrogens is 294 g/mol. The van der Waals surface area contributed by atoms with E-state index in [-0.39, 0.29) is 0 Å². The van der Waals surface area contributed by atoms with Crippen LogP contribution < -0.4 is 0 Å². The molecule has 4 nitrogen and oxygen atoms in total. The zero-order chi connectivity index (χ0) is 14.8. The highest BCUT2D eigenvalue weighted by atomic mass is 32.2. The van der Waals surface area contributed by atoms with Gasteiger partial charge >= 0.3 is 0 Å². The number of rotatable bonds is 3. The third-order valence-corrected chi connectivity index (χ3v) is 5.81. The summed E-state index contributed by atoms with van der Waals surface area (Å²) in [5, 5.41) is 0. The van der Waals surface area contributed by atoms with Crippen molar-refractivity contribution in [3.05, 3.63) is 24.2 Å². The number of hydrogen-bond acceptors (Lipinski definition) is 4. The van der Waals surface area contributed by atoms with Crippen molar-refractivity contribution in [3.63, 3.8) is 0 Å². The van der Waals surface area contributed by atoms with Crippen LogP contribution in [-0.4, -0.2) is 38.8 Å². The molecular formula is C17H23N3OS. The summed E-state index contributed by atoms with van der Waals surface area (Å²) in [5.41, 5.74) is 2.09. The molecule has 0 aliphatic carbocycles. The number of aromatic nitrogens is 3. The predicted molar refractivity (Wildman–Crippen MR) is 90.4 cm³/mol. The molecule has 118 valence electrons. The summed E-state index contributed by atoms with van der Waals surface area (Å²) in [7, 11) is 0. The highest BCUT2D eigenvalue weighted by Crippen LogP contribution is 2.31. The van der Waals surface area contributed by atoms with Crippen molar-refractivity contribution < 1.29 is 4.74 Å². The number of ether oxygens (including phenoxy) is 1. The van der Waals surface area contributed by atoms with Crippen molar-refractivity contribution in [2.75, 3.05) is 18.1 Å². The molecule has 2 aliphatic heterocycles. The van der Waals surface area contributed by atoms with E-state index < -0.39 is 0 Å². The molecule has 2 saturated heterocycles. The van der Waals surface area contributed by atoms with Gasteiger partial charge in [-0.25, -0.2) is 9.97 Å². The summed E-state index contributed by atoms with van der Waals surface area (Å²) in [6.07, 6.45) is 9.26. The molecule has 1 atom stereocenters. The maximum absolute atomic E-state index is 5.94. The topological polar surface area (TPSA) is 39.9 Å². The minimum Gasteiger partial charge on any atom is -0.378 e. The molecule has 0 bridgehead atoms. The molecule has 2 aromatic rings. The first kappa shape index (κ1) is 14.5. The van der Waals surface area contributed by atoms with Crippen molar-refractivity contribution in [2.24, 2.45) is 0 Å². The van der Waals surface area contributed by atoms with E-state index in [2.05, 4.69) is 27.4 Å². The molecule has 2 aromatic heterocycles.